The van der Waals surface area contributed by atoms with Gasteiger partial charge in [-0.3, -0.25) is 4.98 Å². The van der Waals surface area contributed by atoms with Crippen LogP contribution in [-0.4, -0.2) is 4.98 Å². The van der Waals surface area contributed by atoms with Crippen LogP contribution < -0.4 is 0 Å². The zero-order valence-corrected chi connectivity index (χ0v) is 11.6. The molecule has 3 aromatic rings. The molecule has 0 N–H and O–H groups in total. The predicted octanol–water partition coefficient (Wildman–Crippen LogP) is 5.13. The lowest BCUT2D eigenvalue weighted by molar-refractivity contribution is 1.17. The molecule has 0 aliphatic heterocycles. The second kappa shape index (κ2) is 5.20. The first-order valence-corrected chi connectivity index (χ1v) is 6.75. The van der Waals surface area contributed by atoms with Crippen LogP contribution in [0.15, 0.2) is 54.7 Å². The molecule has 1 aromatic heterocycles. The Morgan fingerprint density at radius 1 is 0.789 bits per heavy atom. The van der Waals surface area contributed by atoms with Gasteiger partial charge in [0.1, 0.15) is 0 Å². The lowest BCUT2D eigenvalue weighted by Crippen LogP contribution is -1.90. The molecule has 0 unspecified atom stereocenters. The van der Waals surface area contributed by atoms with Crippen molar-refractivity contribution in [3.05, 3.63) is 75.9 Å². The second-order valence-corrected chi connectivity index (χ2v) is 5.36. The fourth-order valence-electron chi connectivity index (χ4n) is 2.08. The Labute approximate surface area is 121 Å². The van der Waals surface area contributed by atoms with Gasteiger partial charge in [-0.2, -0.15) is 0 Å². The fraction of sp³-hybridized carbons (Fsp3) is 0.0625. The van der Waals surface area contributed by atoms with Crippen molar-refractivity contribution < 1.29 is 0 Å². The number of rotatable bonds is 2. The van der Waals surface area contributed by atoms with Crippen molar-refractivity contribution in [2.75, 3.05) is 0 Å². The SMILES string of the molecule is Clc1ccc(Cc2cnc3ccc(Cl)cc3c2)cc1. The van der Waals surface area contributed by atoms with E-state index in [1.54, 1.807) is 0 Å². The highest BCUT2D eigenvalue weighted by Gasteiger charge is 2.01. The molecule has 0 atom stereocenters. The average molecular weight is 288 g/mol. The zero-order valence-electron chi connectivity index (χ0n) is 10.1. The number of benzene rings is 2. The van der Waals surface area contributed by atoms with E-state index < -0.39 is 0 Å². The molecule has 94 valence electrons. The number of fused-ring (bicyclic) bond motifs is 1. The summed E-state index contributed by atoms with van der Waals surface area (Å²) in [5.41, 5.74) is 3.34. The Morgan fingerprint density at radius 3 is 2.32 bits per heavy atom. The van der Waals surface area contributed by atoms with Gasteiger partial charge in [0.25, 0.3) is 0 Å². The summed E-state index contributed by atoms with van der Waals surface area (Å²) in [7, 11) is 0. The highest BCUT2D eigenvalue weighted by molar-refractivity contribution is 6.31. The maximum atomic E-state index is 6.01. The van der Waals surface area contributed by atoms with Crippen molar-refractivity contribution in [2.45, 2.75) is 6.42 Å². The van der Waals surface area contributed by atoms with Crippen molar-refractivity contribution in [2.24, 2.45) is 0 Å². The van der Waals surface area contributed by atoms with Crippen LogP contribution in [0.4, 0.5) is 0 Å². The first kappa shape index (κ1) is 12.5. The number of hydrogen-bond donors (Lipinski definition) is 0. The molecule has 3 heteroatoms. The van der Waals surface area contributed by atoms with E-state index in [1.807, 2.05) is 48.7 Å². The number of aromatic nitrogens is 1. The molecule has 0 saturated carbocycles. The first-order chi connectivity index (χ1) is 9.20. The van der Waals surface area contributed by atoms with Gasteiger partial charge in [-0.05, 0) is 53.9 Å². The van der Waals surface area contributed by atoms with Gasteiger partial charge in [-0.1, -0.05) is 35.3 Å². The van der Waals surface area contributed by atoms with E-state index in [0.29, 0.717) is 0 Å². The maximum absolute atomic E-state index is 6.01. The molecule has 19 heavy (non-hydrogen) atoms. The molecule has 2 aromatic carbocycles. The van der Waals surface area contributed by atoms with Gasteiger partial charge < -0.3 is 0 Å². The molecule has 0 spiro atoms. The molecule has 0 aliphatic rings. The average Bonchev–Trinajstić information content (AvgIpc) is 2.41. The van der Waals surface area contributed by atoms with Gasteiger partial charge in [0, 0.05) is 21.6 Å². The van der Waals surface area contributed by atoms with Gasteiger partial charge in [0.05, 0.1) is 5.52 Å². The quantitative estimate of drug-likeness (QED) is 0.636. The van der Waals surface area contributed by atoms with Crippen molar-refractivity contribution in [1.82, 2.24) is 4.98 Å². The van der Waals surface area contributed by atoms with Gasteiger partial charge in [-0.25, -0.2) is 0 Å². The molecular formula is C16H11Cl2N. The summed E-state index contributed by atoms with van der Waals surface area (Å²) >= 11 is 11.9. The van der Waals surface area contributed by atoms with E-state index >= 15 is 0 Å². The fourth-order valence-corrected chi connectivity index (χ4v) is 2.39. The summed E-state index contributed by atoms with van der Waals surface area (Å²) in [6.07, 6.45) is 2.75. The minimum Gasteiger partial charge on any atom is -0.256 e. The van der Waals surface area contributed by atoms with E-state index in [2.05, 4.69) is 11.1 Å². The standard InChI is InChI=1S/C16H11Cl2N/c17-14-3-1-11(2-4-14)7-12-8-13-9-15(18)5-6-16(13)19-10-12/h1-6,8-10H,7H2. The van der Waals surface area contributed by atoms with E-state index in [9.17, 15) is 0 Å². The number of halogens is 2. The summed E-state index contributed by atoms with van der Waals surface area (Å²) in [5, 5.41) is 2.56. The largest absolute Gasteiger partial charge is 0.256 e. The van der Waals surface area contributed by atoms with Crippen LogP contribution in [0.3, 0.4) is 0 Å². The van der Waals surface area contributed by atoms with Gasteiger partial charge >= 0.3 is 0 Å². The Morgan fingerprint density at radius 2 is 1.53 bits per heavy atom. The third kappa shape index (κ3) is 2.89. The lowest BCUT2D eigenvalue weighted by Gasteiger charge is -2.04. The van der Waals surface area contributed by atoms with E-state index in [0.717, 1.165) is 32.9 Å². The summed E-state index contributed by atoms with van der Waals surface area (Å²) in [4.78, 5) is 4.45. The molecule has 0 fully saturated rings. The van der Waals surface area contributed by atoms with Crippen LogP contribution in [0.5, 0.6) is 0 Å². The van der Waals surface area contributed by atoms with Crippen molar-refractivity contribution in [3.8, 4) is 0 Å². The molecule has 1 nitrogen and oxygen atoms in total. The maximum Gasteiger partial charge on any atom is 0.0703 e. The monoisotopic (exact) mass is 287 g/mol. The van der Waals surface area contributed by atoms with E-state index in [1.165, 1.54) is 5.56 Å². The molecule has 0 amide bonds. The molecule has 3 rings (SSSR count). The van der Waals surface area contributed by atoms with Crippen LogP contribution in [0, 0.1) is 0 Å². The topological polar surface area (TPSA) is 12.9 Å². The van der Waals surface area contributed by atoms with Gasteiger partial charge in [0.2, 0.25) is 0 Å². The summed E-state index contributed by atoms with van der Waals surface area (Å²) in [6, 6.07) is 15.7. The summed E-state index contributed by atoms with van der Waals surface area (Å²) < 4.78 is 0. The third-order valence-electron chi connectivity index (χ3n) is 3.02. The Balaban J connectivity index is 1.94. The third-order valence-corrected chi connectivity index (χ3v) is 3.51. The van der Waals surface area contributed by atoms with Crippen LogP contribution in [0.25, 0.3) is 10.9 Å². The highest BCUT2D eigenvalue weighted by Crippen LogP contribution is 2.20. The predicted molar refractivity (Wildman–Crippen MR) is 81.0 cm³/mol. The van der Waals surface area contributed by atoms with Crippen LogP contribution in [0.2, 0.25) is 10.0 Å². The smallest absolute Gasteiger partial charge is 0.0703 e. The normalized spacial score (nSPS) is 10.8. The lowest BCUT2D eigenvalue weighted by atomic mass is 10.1. The van der Waals surface area contributed by atoms with Crippen LogP contribution in [-0.2, 0) is 6.42 Å². The van der Waals surface area contributed by atoms with E-state index in [-0.39, 0.29) is 0 Å². The molecule has 0 bridgehead atoms. The number of pyridine rings is 1. The first-order valence-electron chi connectivity index (χ1n) is 5.99. The number of hydrogen-bond acceptors (Lipinski definition) is 1. The molecular weight excluding hydrogens is 277 g/mol. The van der Waals surface area contributed by atoms with Gasteiger partial charge in [0.15, 0.2) is 0 Å². The molecule has 0 saturated heterocycles. The van der Waals surface area contributed by atoms with Crippen molar-refractivity contribution in [1.29, 1.82) is 0 Å². The Bertz CT molecular complexity index is 720. The number of nitrogens with zero attached hydrogens (tertiary/aromatic N) is 1. The molecule has 1 heterocycles. The van der Waals surface area contributed by atoms with E-state index in [4.69, 9.17) is 23.2 Å². The Hall–Kier alpha value is -1.57. The Kier molecular flexibility index (Phi) is 3.41. The van der Waals surface area contributed by atoms with Crippen LogP contribution in [0.1, 0.15) is 11.1 Å². The van der Waals surface area contributed by atoms with Gasteiger partial charge in [-0.15, -0.1) is 0 Å². The molecule has 0 radical (unpaired) electrons. The second-order valence-electron chi connectivity index (χ2n) is 4.48. The highest BCUT2D eigenvalue weighted by atomic mass is 35.5. The van der Waals surface area contributed by atoms with Crippen molar-refractivity contribution >= 4 is 34.1 Å². The minimum absolute atomic E-state index is 0.734. The zero-order chi connectivity index (χ0) is 13.2. The van der Waals surface area contributed by atoms with Crippen LogP contribution >= 0.6 is 23.2 Å². The molecule has 0 aliphatic carbocycles. The minimum atomic E-state index is 0.734. The summed E-state index contributed by atoms with van der Waals surface area (Å²) in [5.74, 6) is 0. The van der Waals surface area contributed by atoms with Crippen molar-refractivity contribution in [3.63, 3.8) is 0 Å². The summed E-state index contributed by atoms with van der Waals surface area (Å²) in [6.45, 7) is 0.